The lowest BCUT2D eigenvalue weighted by Crippen LogP contribution is -2.18. The third-order valence-corrected chi connectivity index (χ3v) is 2.22. The van der Waals surface area contributed by atoms with Gasteiger partial charge in [0.05, 0.1) is 17.5 Å². The smallest absolute Gasteiger partial charge is 0.506 e. The molecule has 0 saturated heterocycles. The zero-order valence-corrected chi connectivity index (χ0v) is 9.18. The Kier molecular flexibility index (Phi) is 3.43. The van der Waals surface area contributed by atoms with E-state index < -0.39 is 12.1 Å². The molecule has 0 unspecified atom stereocenters. The van der Waals surface area contributed by atoms with E-state index in [4.69, 9.17) is 0 Å². The van der Waals surface area contributed by atoms with E-state index in [1.54, 1.807) is 0 Å². The van der Waals surface area contributed by atoms with Gasteiger partial charge in [-0.2, -0.15) is 0 Å². The summed E-state index contributed by atoms with van der Waals surface area (Å²) in [6.45, 7) is 1.48. The molecule has 1 rings (SSSR count). The number of rotatable bonds is 2. The van der Waals surface area contributed by atoms with Crippen molar-refractivity contribution < 1.29 is 23.0 Å². The van der Waals surface area contributed by atoms with Crippen molar-refractivity contribution >= 4 is 15.9 Å². The van der Waals surface area contributed by atoms with Gasteiger partial charge >= 0.3 is 6.36 Å². The zero-order chi connectivity index (χ0) is 11.6. The fourth-order valence-corrected chi connectivity index (χ4v) is 1.51. The Morgan fingerprint density at radius 1 is 1.53 bits per heavy atom. The molecule has 0 aliphatic carbocycles. The van der Waals surface area contributed by atoms with Crippen molar-refractivity contribution in [3.05, 3.63) is 17.5 Å². The quantitative estimate of drug-likeness (QED) is 0.850. The molecule has 0 amide bonds. The second kappa shape index (κ2) is 4.26. The Balaban J connectivity index is 3.14. The molecule has 0 fully saturated rings. The Morgan fingerprint density at radius 2 is 2.13 bits per heavy atom. The fraction of sp³-hybridized carbons (Fsp3) is 0.375. The number of aromatic hydroxyl groups is 1. The maximum atomic E-state index is 11.9. The Hall–Kier alpha value is -0.980. The molecule has 0 aromatic carbocycles. The molecule has 7 heteroatoms. The molecule has 0 aliphatic heterocycles. The van der Waals surface area contributed by atoms with Crippen molar-refractivity contribution in [3.63, 3.8) is 0 Å². The largest absolute Gasteiger partial charge is 0.573 e. The summed E-state index contributed by atoms with van der Waals surface area (Å²) in [5.74, 6) is -0.795. The van der Waals surface area contributed by atoms with Gasteiger partial charge in [-0.15, -0.1) is 13.2 Å². The average molecular weight is 286 g/mol. The van der Waals surface area contributed by atoms with E-state index >= 15 is 0 Å². The summed E-state index contributed by atoms with van der Waals surface area (Å²) in [5.41, 5.74) is 0.277. The van der Waals surface area contributed by atoms with E-state index in [1.165, 1.54) is 6.92 Å². The Labute approximate surface area is 92.0 Å². The summed E-state index contributed by atoms with van der Waals surface area (Å²) < 4.78 is 39.5. The first-order valence-electron chi connectivity index (χ1n) is 3.84. The van der Waals surface area contributed by atoms with Gasteiger partial charge in [-0.25, -0.2) is 0 Å². The molecular weight excluding hydrogens is 279 g/mol. The highest BCUT2D eigenvalue weighted by Gasteiger charge is 2.32. The molecule has 1 aromatic heterocycles. The van der Waals surface area contributed by atoms with Crippen LogP contribution >= 0.6 is 15.9 Å². The second-order valence-electron chi connectivity index (χ2n) is 2.72. The molecule has 3 nitrogen and oxygen atoms in total. The monoisotopic (exact) mass is 285 g/mol. The number of alkyl halides is 4. The van der Waals surface area contributed by atoms with Crippen LogP contribution in [0.2, 0.25) is 0 Å². The van der Waals surface area contributed by atoms with E-state index in [0.717, 1.165) is 6.20 Å². The summed E-state index contributed by atoms with van der Waals surface area (Å²) in [6, 6.07) is 0. The Morgan fingerprint density at radius 3 is 2.60 bits per heavy atom. The Bertz CT molecular complexity index is 368. The van der Waals surface area contributed by atoms with Crippen molar-refractivity contribution in [1.82, 2.24) is 4.98 Å². The SMILES string of the molecule is Cc1ncc(OC(F)(F)F)c(CBr)c1O. The van der Waals surface area contributed by atoms with Crippen molar-refractivity contribution in [2.45, 2.75) is 18.6 Å². The predicted molar refractivity (Wildman–Crippen MR) is 50.0 cm³/mol. The van der Waals surface area contributed by atoms with Crippen molar-refractivity contribution in [1.29, 1.82) is 0 Å². The summed E-state index contributed by atoms with van der Waals surface area (Å²) in [5, 5.41) is 9.48. The molecule has 1 aromatic rings. The van der Waals surface area contributed by atoms with E-state index in [-0.39, 0.29) is 22.3 Å². The van der Waals surface area contributed by atoms with E-state index in [1.807, 2.05) is 0 Å². The van der Waals surface area contributed by atoms with Crippen LogP contribution in [0.25, 0.3) is 0 Å². The summed E-state index contributed by atoms with van der Waals surface area (Å²) in [7, 11) is 0. The van der Waals surface area contributed by atoms with Crippen molar-refractivity contribution in [2.24, 2.45) is 0 Å². The van der Waals surface area contributed by atoms with Gasteiger partial charge < -0.3 is 9.84 Å². The highest BCUT2D eigenvalue weighted by Crippen LogP contribution is 2.34. The van der Waals surface area contributed by atoms with Gasteiger partial charge in [0.1, 0.15) is 5.75 Å². The third kappa shape index (κ3) is 2.98. The first-order chi connectivity index (χ1) is 6.85. The standard InChI is InChI=1S/C8H7BrF3NO2/c1-4-7(14)5(2-9)6(3-13-4)15-8(10,11)12/h3,14H,2H2,1H3. The van der Waals surface area contributed by atoms with Gasteiger partial charge in [0.15, 0.2) is 5.75 Å². The topological polar surface area (TPSA) is 42.4 Å². The third-order valence-electron chi connectivity index (χ3n) is 1.66. The first-order valence-corrected chi connectivity index (χ1v) is 4.96. The average Bonchev–Trinajstić information content (AvgIpc) is 2.10. The fourth-order valence-electron chi connectivity index (χ4n) is 0.971. The highest BCUT2D eigenvalue weighted by atomic mass is 79.9. The maximum Gasteiger partial charge on any atom is 0.573 e. The van der Waals surface area contributed by atoms with Gasteiger partial charge in [-0.1, -0.05) is 15.9 Å². The van der Waals surface area contributed by atoms with E-state index in [2.05, 4.69) is 25.7 Å². The minimum absolute atomic E-state index is 0.0276. The van der Waals surface area contributed by atoms with Crippen LogP contribution in [0.1, 0.15) is 11.3 Å². The van der Waals surface area contributed by atoms with Crippen molar-refractivity contribution in [2.75, 3.05) is 0 Å². The lowest BCUT2D eigenvalue weighted by molar-refractivity contribution is -0.275. The normalized spacial score (nSPS) is 11.5. The van der Waals surface area contributed by atoms with Crippen LogP contribution in [0.3, 0.4) is 0 Å². The summed E-state index contributed by atoms with van der Waals surface area (Å²) >= 11 is 2.97. The van der Waals surface area contributed by atoms with Gasteiger partial charge in [0.25, 0.3) is 0 Å². The molecule has 0 atom stereocenters. The number of ether oxygens (including phenoxy) is 1. The molecule has 1 N–H and O–H groups in total. The van der Waals surface area contributed by atoms with Crippen LogP contribution < -0.4 is 4.74 Å². The molecule has 0 radical (unpaired) electrons. The number of aryl methyl sites for hydroxylation is 1. The molecule has 0 aliphatic rings. The first kappa shape index (κ1) is 12.1. The molecule has 15 heavy (non-hydrogen) atoms. The zero-order valence-electron chi connectivity index (χ0n) is 7.60. The van der Waals surface area contributed by atoms with Crippen LogP contribution in [-0.2, 0) is 5.33 Å². The van der Waals surface area contributed by atoms with Gasteiger partial charge in [0, 0.05) is 5.33 Å². The lowest BCUT2D eigenvalue weighted by Gasteiger charge is -2.13. The van der Waals surface area contributed by atoms with Crippen LogP contribution in [0.5, 0.6) is 11.5 Å². The van der Waals surface area contributed by atoms with Gasteiger partial charge in [-0.05, 0) is 6.92 Å². The second-order valence-corrected chi connectivity index (χ2v) is 3.28. The number of pyridine rings is 1. The van der Waals surface area contributed by atoms with Crippen LogP contribution in [0.15, 0.2) is 6.20 Å². The molecule has 84 valence electrons. The molecule has 1 heterocycles. The summed E-state index contributed by atoms with van der Waals surface area (Å²) in [4.78, 5) is 3.58. The van der Waals surface area contributed by atoms with Crippen LogP contribution in [0.4, 0.5) is 13.2 Å². The minimum atomic E-state index is -4.79. The van der Waals surface area contributed by atoms with Gasteiger partial charge in [0.2, 0.25) is 0 Å². The number of hydrogen-bond acceptors (Lipinski definition) is 3. The van der Waals surface area contributed by atoms with Crippen LogP contribution in [-0.4, -0.2) is 16.5 Å². The number of aromatic nitrogens is 1. The molecule has 0 saturated carbocycles. The van der Waals surface area contributed by atoms with E-state index in [9.17, 15) is 18.3 Å². The van der Waals surface area contributed by atoms with Crippen molar-refractivity contribution in [3.8, 4) is 11.5 Å². The van der Waals surface area contributed by atoms with Crippen LogP contribution in [0, 0.1) is 6.92 Å². The highest BCUT2D eigenvalue weighted by molar-refractivity contribution is 9.08. The predicted octanol–water partition coefficient (Wildman–Crippen LogP) is 2.89. The number of nitrogens with zero attached hydrogens (tertiary/aromatic N) is 1. The number of halogens is 4. The molecular formula is C8H7BrF3NO2. The molecule has 0 spiro atoms. The van der Waals surface area contributed by atoms with Gasteiger partial charge in [-0.3, -0.25) is 4.98 Å². The molecule has 0 bridgehead atoms. The lowest BCUT2D eigenvalue weighted by atomic mass is 10.2. The minimum Gasteiger partial charge on any atom is -0.506 e. The summed E-state index contributed by atoms with van der Waals surface area (Å²) in [6.07, 6.45) is -3.86. The number of hydrogen-bond donors (Lipinski definition) is 1. The van der Waals surface area contributed by atoms with E-state index in [0.29, 0.717) is 0 Å². The maximum absolute atomic E-state index is 11.9.